The lowest BCUT2D eigenvalue weighted by Crippen LogP contribution is -2.10. The molecule has 0 aromatic rings. The Morgan fingerprint density at radius 1 is 1.56 bits per heavy atom. The predicted octanol–water partition coefficient (Wildman–Crippen LogP) is 0.226. The minimum absolute atomic E-state index is 0.498. The zero-order chi connectivity index (χ0) is 7.28. The maximum Gasteiger partial charge on any atom is 0.119 e. The number of hydrogen-bond acceptors (Lipinski definition) is 2. The number of nitrogens with zero attached hydrogens (tertiary/aromatic N) is 1. The van der Waals surface area contributed by atoms with Gasteiger partial charge >= 0.3 is 0 Å². The fourth-order valence-corrected chi connectivity index (χ4v) is 0.461. The van der Waals surface area contributed by atoms with Crippen molar-refractivity contribution in [2.24, 2.45) is 16.5 Å². The Hall–Kier alpha value is -0.990. The van der Waals surface area contributed by atoms with E-state index in [1.54, 1.807) is 13.0 Å². The van der Waals surface area contributed by atoms with Gasteiger partial charge in [0.05, 0.1) is 0 Å². The van der Waals surface area contributed by atoms with Crippen LogP contribution in [0.15, 0.2) is 16.8 Å². The summed E-state index contributed by atoms with van der Waals surface area (Å²) in [5, 5.41) is 0. The minimum Gasteiger partial charge on any atom is -0.402 e. The van der Waals surface area contributed by atoms with E-state index < -0.39 is 0 Å². The second-order valence-electron chi connectivity index (χ2n) is 1.79. The van der Waals surface area contributed by atoms with Crippen molar-refractivity contribution < 1.29 is 0 Å². The molecule has 0 spiro atoms. The summed E-state index contributed by atoms with van der Waals surface area (Å²) >= 11 is 0. The molecule has 0 fully saturated rings. The molecule has 3 heteroatoms. The van der Waals surface area contributed by atoms with Crippen LogP contribution in [0.25, 0.3) is 0 Å². The second-order valence-corrected chi connectivity index (χ2v) is 1.79. The third kappa shape index (κ3) is 4.87. The lowest BCUT2D eigenvalue weighted by atomic mass is 10.4. The molecule has 0 saturated heterocycles. The zero-order valence-electron chi connectivity index (χ0n) is 5.89. The third-order valence-corrected chi connectivity index (χ3v) is 0.716. The van der Waals surface area contributed by atoms with E-state index in [1.165, 1.54) is 0 Å². The van der Waals surface area contributed by atoms with Gasteiger partial charge in [0.25, 0.3) is 0 Å². The Labute approximate surface area is 55.4 Å². The summed E-state index contributed by atoms with van der Waals surface area (Å²) in [5.41, 5.74) is 11.4. The van der Waals surface area contributed by atoms with Crippen LogP contribution in [0.2, 0.25) is 0 Å². The van der Waals surface area contributed by atoms with Gasteiger partial charge in [0.2, 0.25) is 0 Å². The van der Waals surface area contributed by atoms with Crippen molar-refractivity contribution in [3.63, 3.8) is 0 Å². The summed E-state index contributed by atoms with van der Waals surface area (Å²) in [6.45, 7) is 4.40. The highest BCUT2D eigenvalue weighted by Crippen LogP contribution is 1.79. The van der Waals surface area contributed by atoms with Crippen LogP contribution in [-0.4, -0.2) is 12.4 Å². The Balaban J connectivity index is 3.90. The van der Waals surface area contributed by atoms with Gasteiger partial charge in [-0.3, -0.25) is 4.99 Å². The first kappa shape index (κ1) is 8.01. The first-order valence-electron chi connectivity index (χ1n) is 2.90. The van der Waals surface area contributed by atoms with Gasteiger partial charge in [-0.2, -0.15) is 0 Å². The van der Waals surface area contributed by atoms with Crippen LogP contribution in [0.1, 0.15) is 13.8 Å². The molecule has 9 heavy (non-hydrogen) atoms. The molecule has 0 amide bonds. The van der Waals surface area contributed by atoms with Crippen LogP contribution >= 0.6 is 0 Å². The predicted molar refractivity (Wildman–Crippen MR) is 40.1 cm³/mol. The van der Waals surface area contributed by atoms with Gasteiger partial charge in [0.15, 0.2) is 0 Å². The van der Waals surface area contributed by atoms with Gasteiger partial charge in [-0.1, -0.05) is 0 Å². The lowest BCUT2D eigenvalue weighted by Gasteiger charge is -1.90. The molecule has 0 heterocycles. The molecule has 0 unspecified atom stereocenters. The maximum absolute atomic E-state index is 5.38. The van der Waals surface area contributed by atoms with Crippen LogP contribution in [0.5, 0.6) is 0 Å². The number of aliphatic imine (C=N–C) groups is 1. The van der Waals surface area contributed by atoms with E-state index in [1.807, 2.05) is 6.92 Å². The normalized spacial score (nSPS) is 14.0. The Morgan fingerprint density at radius 2 is 2.11 bits per heavy atom. The molecule has 0 rings (SSSR count). The average molecular weight is 127 g/mol. The minimum atomic E-state index is 0.498. The number of amidine groups is 1. The molecule has 0 bridgehead atoms. The highest BCUT2D eigenvalue weighted by Gasteiger charge is 1.81. The Bertz CT molecular complexity index is 131. The van der Waals surface area contributed by atoms with Gasteiger partial charge < -0.3 is 11.5 Å². The van der Waals surface area contributed by atoms with E-state index in [2.05, 4.69) is 4.99 Å². The molecular formula is C6H13N3. The fraction of sp³-hybridized carbons (Fsp3) is 0.500. The van der Waals surface area contributed by atoms with Gasteiger partial charge in [-0.25, -0.2) is 0 Å². The molecule has 0 aromatic heterocycles. The standard InChI is InChI=1S/C6H13N3/c1-3-9-6(8)4-5(2)7/h4H,3,7H2,1-2H3,(H2,8,9). The molecule has 0 aliphatic heterocycles. The molecule has 0 saturated carbocycles. The van der Waals surface area contributed by atoms with Crippen molar-refractivity contribution >= 4 is 5.84 Å². The van der Waals surface area contributed by atoms with Gasteiger partial charge in [-0.15, -0.1) is 0 Å². The third-order valence-electron chi connectivity index (χ3n) is 0.716. The largest absolute Gasteiger partial charge is 0.402 e. The zero-order valence-corrected chi connectivity index (χ0v) is 5.89. The molecule has 0 aliphatic rings. The summed E-state index contributed by atoms with van der Waals surface area (Å²) in [5.74, 6) is 0.498. The van der Waals surface area contributed by atoms with Crippen LogP contribution in [0.3, 0.4) is 0 Å². The van der Waals surface area contributed by atoms with Crippen LogP contribution in [-0.2, 0) is 0 Å². The Kier molecular flexibility index (Phi) is 3.51. The van der Waals surface area contributed by atoms with E-state index in [-0.39, 0.29) is 0 Å². The molecule has 0 radical (unpaired) electrons. The van der Waals surface area contributed by atoms with Gasteiger partial charge in [0.1, 0.15) is 5.84 Å². The maximum atomic E-state index is 5.38. The molecule has 52 valence electrons. The van der Waals surface area contributed by atoms with Crippen molar-refractivity contribution in [3.8, 4) is 0 Å². The first-order valence-corrected chi connectivity index (χ1v) is 2.90. The second kappa shape index (κ2) is 3.95. The average Bonchev–Trinajstić information content (AvgIpc) is 1.63. The quantitative estimate of drug-likeness (QED) is 0.412. The topological polar surface area (TPSA) is 64.4 Å². The molecule has 0 atom stereocenters. The van der Waals surface area contributed by atoms with Crippen molar-refractivity contribution in [2.45, 2.75) is 13.8 Å². The molecule has 0 aliphatic carbocycles. The smallest absolute Gasteiger partial charge is 0.119 e. The van der Waals surface area contributed by atoms with Crippen LogP contribution in [0.4, 0.5) is 0 Å². The summed E-state index contributed by atoms with van der Waals surface area (Å²) < 4.78 is 0. The highest BCUT2D eigenvalue weighted by atomic mass is 14.8. The van der Waals surface area contributed by atoms with Crippen molar-refractivity contribution in [1.82, 2.24) is 0 Å². The van der Waals surface area contributed by atoms with Crippen LogP contribution in [0, 0.1) is 0 Å². The SMILES string of the molecule is CCN=C(N)C=C(C)N. The number of hydrogen-bond donors (Lipinski definition) is 2. The van der Waals surface area contributed by atoms with Crippen molar-refractivity contribution in [2.75, 3.05) is 6.54 Å². The summed E-state index contributed by atoms with van der Waals surface area (Å²) in [7, 11) is 0. The summed E-state index contributed by atoms with van der Waals surface area (Å²) in [6.07, 6.45) is 1.64. The van der Waals surface area contributed by atoms with Gasteiger partial charge in [-0.05, 0) is 19.9 Å². The van der Waals surface area contributed by atoms with E-state index in [9.17, 15) is 0 Å². The van der Waals surface area contributed by atoms with E-state index in [0.717, 1.165) is 0 Å². The Morgan fingerprint density at radius 3 is 2.44 bits per heavy atom. The molecule has 0 aromatic carbocycles. The van der Waals surface area contributed by atoms with Crippen LogP contribution < -0.4 is 11.5 Å². The first-order chi connectivity index (χ1) is 4.16. The number of nitrogens with two attached hydrogens (primary N) is 2. The van der Waals surface area contributed by atoms with Crippen molar-refractivity contribution in [1.29, 1.82) is 0 Å². The van der Waals surface area contributed by atoms with Gasteiger partial charge in [0, 0.05) is 12.2 Å². The number of rotatable bonds is 2. The van der Waals surface area contributed by atoms with E-state index in [0.29, 0.717) is 18.1 Å². The molecular weight excluding hydrogens is 114 g/mol. The summed E-state index contributed by atoms with van der Waals surface area (Å²) in [4.78, 5) is 3.90. The van der Waals surface area contributed by atoms with E-state index >= 15 is 0 Å². The highest BCUT2D eigenvalue weighted by molar-refractivity contribution is 5.91. The lowest BCUT2D eigenvalue weighted by molar-refractivity contribution is 1.12. The summed E-state index contributed by atoms with van der Waals surface area (Å²) in [6, 6.07) is 0. The number of allylic oxidation sites excluding steroid dienone is 1. The fourth-order valence-electron chi connectivity index (χ4n) is 0.461. The monoisotopic (exact) mass is 127 g/mol. The van der Waals surface area contributed by atoms with E-state index in [4.69, 9.17) is 11.5 Å². The van der Waals surface area contributed by atoms with Crippen molar-refractivity contribution in [3.05, 3.63) is 11.8 Å². The molecule has 4 N–H and O–H groups in total. The molecule has 3 nitrogen and oxygen atoms in total.